The van der Waals surface area contributed by atoms with Gasteiger partial charge in [-0.3, -0.25) is 0 Å². The number of piperazine rings is 1. The van der Waals surface area contributed by atoms with Crippen molar-refractivity contribution in [2.24, 2.45) is 5.16 Å². The molecule has 1 saturated heterocycles. The van der Waals surface area contributed by atoms with E-state index in [1.165, 1.54) is 4.90 Å². The molecule has 2 heterocycles. The lowest BCUT2D eigenvalue weighted by molar-refractivity contribution is 0.207. The first-order chi connectivity index (χ1) is 13.0. The molecule has 1 N–H and O–H groups in total. The number of thioether (sulfide) groups is 1. The predicted molar refractivity (Wildman–Crippen MR) is 109 cm³/mol. The summed E-state index contributed by atoms with van der Waals surface area (Å²) in [7, 11) is 2.09. The fourth-order valence-corrected chi connectivity index (χ4v) is 3.70. The Morgan fingerprint density at radius 1 is 1.15 bits per heavy atom. The first-order valence-corrected chi connectivity index (χ1v) is 10.2. The minimum absolute atomic E-state index is 0.457. The molecular formula is C20H26N4O2S. The van der Waals surface area contributed by atoms with Gasteiger partial charge in [0, 0.05) is 36.8 Å². The molecule has 0 unspecified atom stereocenters. The maximum atomic E-state index is 9.72. The zero-order chi connectivity index (χ0) is 19.4. The van der Waals surface area contributed by atoms with E-state index < -0.39 is 0 Å². The summed E-state index contributed by atoms with van der Waals surface area (Å²) in [6, 6.07) is 9.81. The number of pyridine rings is 1. The molecule has 7 heteroatoms. The summed E-state index contributed by atoms with van der Waals surface area (Å²) in [6.07, 6.45) is 2.06. The SMILES string of the molecule is CSc1ccc(Oc2nc(C)ccc2/C(=N/O)N2CCN(C)CC2)cc1C. The van der Waals surface area contributed by atoms with Gasteiger partial charge in [0.05, 0.1) is 5.56 Å². The van der Waals surface area contributed by atoms with Gasteiger partial charge in [-0.05, 0) is 63.0 Å². The Bertz CT molecular complexity index is 833. The molecule has 1 aromatic heterocycles. The maximum absolute atomic E-state index is 9.72. The molecule has 0 saturated carbocycles. The van der Waals surface area contributed by atoms with Crippen LogP contribution in [-0.4, -0.2) is 65.3 Å². The van der Waals surface area contributed by atoms with Crippen molar-refractivity contribution < 1.29 is 9.94 Å². The van der Waals surface area contributed by atoms with E-state index in [4.69, 9.17) is 4.74 Å². The summed E-state index contributed by atoms with van der Waals surface area (Å²) in [6.45, 7) is 7.42. The average Bonchev–Trinajstić information content (AvgIpc) is 2.65. The summed E-state index contributed by atoms with van der Waals surface area (Å²) >= 11 is 1.71. The lowest BCUT2D eigenvalue weighted by Gasteiger charge is -2.34. The van der Waals surface area contributed by atoms with Crippen LogP contribution in [0.5, 0.6) is 11.6 Å². The highest BCUT2D eigenvalue weighted by Crippen LogP contribution is 2.29. The van der Waals surface area contributed by atoms with Gasteiger partial charge in [0.15, 0.2) is 5.84 Å². The Hall–Kier alpha value is -2.25. The summed E-state index contributed by atoms with van der Waals surface area (Å²) in [5.74, 6) is 1.68. The van der Waals surface area contributed by atoms with Crippen molar-refractivity contribution in [3.8, 4) is 11.6 Å². The van der Waals surface area contributed by atoms with E-state index in [2.05, 4.69) is 40.2 Å². The summed E-state index contributed by atoms with van der Waals surface area (Å²) in [4.78, 5) is 10.1. The highest BCUT2D eigenvalue weighted by atomic mass is 32.2. The largest absolute Gasteiger partial charge is 0.438 e. The number of oxime groups is 1. The molecule has 0 atom stereocenters. The van der Waals surface area contributed by atoms with Gasteiger partial charge in [-0.15, -0.1) is 11.8 Å². The normalized spacial score (nSPS) is 15.9. The molecule has 2 aromatic rings. The first kappa shape index (κ1) is 19.5. The lowest BCUT2D eigenvalue weighted by atomic mass is 10.2. The third-order valence-corrected chi connectivity index (χ3v) is 5.62. The van der Waals surface area contributed by atoms with E-state index in [9.17, 15) is 5.21 Å². The number of hydrogen-bond donors (Lipinski definition) is 1. The smallest absolute Gasteiger partial charge is 0.230 e. The molecule has 0 radical (unpaired) electrons. The van der Waals surface area contributed by atoms with E-state index in [1.54, 1.807) is 11.8 Å². The Kier molecular flexibility index (Phi) is 6.23. The molecule has 1 fully saturated rings. The molecular weight excluding hydrogens is 360 g/mol. The van der Waals surface area contributed by atoms with Crippen LogP contribution >= 0.6 is 11.8 Å². The molecule has 3 rings (SSSR count). The first-order valence-electron chi connectivity index (χ1n) is 8.98. The third kappa shape index (κ3) is 4.54. The fraction of sp³-hybridized carbons (Fsp3) is 0.400. The molecule has 0 aliphatic carbocycles. The zero-order valence-corrected chi connectivity index (χ0v) is 17.1. The molecule has 0 bridgehead atoms. The van der Waals surface area contributed by atoms with E-state index in [1.807, 2.05) is 37.3 Å². The number of rotatable bonds is 4. The van der Waals surface area contributed by atoms with Crippen molar-refractivity contribution in [3.63, 3.8) is 0 Å². The van der Waals surface area contributed by atoms with Gasteiger partial charge in [-0.1, -0.05) is 5.16 Å². The molecule has 0 amide bonds. The van der Waals surface area contributed by atoms with E-state index in [0.29, 0.717) is 17.3 Å². The highest BCUT2D eigenvalue weighted by Gasteiger charge is 2.23. The van der Waals surface area contributed by atoms with Gasteiger partial charge in [0.1, 0.15) is 5.75 Å². The van der Waals surface area contributed by atoms with Crippen molar-refractivity contribution >= 4 is 17.6 Å². The third-order valence-electron chi connectivity index (χ3n) is 4.72. The van der Waals surface area contributed by atoms with Gasteiger partial charge < -0.3 is 19.7 Å². The number of aromatic nitrogens is 1. The van der Waals surface area contributed by atoms with Gasteiger partial charge in [-0.2, -0.15) is 0 Å². The molecule has 6 nitrogen and oxygen atoms in total. The molecule has 1 aromatic carbocycles. The van der Waals surface area contributed by atoms with E-state index >= 15 is 0 Å². The van der Waals surface area contributed by atoms with Crippen molar-refractivity contribution in [1.29, 1.82) is 0 Å². The van der Waals surface area contributed by atoms with Crippen LogP contribution in [0, 0.1) is 13.8 Å². The summed E-state index contributed by atoms with van der Waals surface area (Å²) in [5.41, 5.74) is 2.70. The Morgan fingerprint density at radius 3 is 2.52 bits per heavy atom. The van der Waals surface area contributed by atoms with Crippen molar-refractivity contribution in [1.82, 2.24) is 14.8 Å². The van der Waals surface area contributed by atoms with Crippen LogP contribution in [0.15, 0.2) is 40.4 Å². The molecule has 1 aliphatic rings. The van der Waals surface area contributed by atoms with Crippen LogP contribution < -0.4 is 4.74 Å². The second kappa shape index (κ2) is 8.63. The number of aryl methyl sites for hydroxylation is 2. The van der Waals surface area contributed by atoms with Gasteiger partial charge in [0.2, 0.25) is 5.88 Å². The topological polar surface area (TPSA) is 61.2 Å². The second-order valence-electron chi connectivity index (χ2n) is 6.75. The van der Waals surface area contributed by atoms with Crippen molar-refractivity contribution in [2.45, 2.75) is 18.7 Å². The Morgan fingerprint density at radius 2 is 1.89 bits per heavy atom. The summed E-state index contributed by atoms with van der Waals surface area (Å²) in [5, 5.41) is 13.3. The van der Waals surface area contributed by atoms with Crippen LogP contribution in [0.1, 0.15) is 16.8 Å². The number of likely N-dealkylation sites (N-methyl/N-ethyl adjacent to an activating group) is 1. The summed E-state index contributed by atoms with van der Waals surface area (Å²) < 4.78 is 6.12. The monoisotopic (exact) mass is 386 g/mol. The fourth-order valence-electron chi connectivity index (χ4n) is 3.11. The lowest BCUT2D eigenvalue weighted by Crippen LogP contribution is -2.47. The second-order valence-corrected chi connectivity index (χ2v) is 7.60. The van der Waals surface area contributed by atoms with Crippen molar-refractivity contribution in [2.75, 3.05) is 39.5 Å². The standard InChI is InChI=1S/C20H26N4O2S/c1-14-13-16(6-8-18(14)27-4)26-20-17(7-5-15(2)21-20)19(22-25)24-11-9-23(3)10-12-24/h5-8,13,25H,9-12H2,1-4H3/b22-19-. The maximum Gasteiger partial charge on any atom is 0.230 e. The van der Waals surface area contributed by atoms with E-state index in [0.717, 1.165) is 43.2 Å². The van der Waals surface area contributed by atoms with Gasteiger partial charge in [-0.25, -0.2) is 4.98 Å². The zero-order valence-electron chi connectivity index (χ0n) is 16.3. The molecule has 144 valence electrons. The number of benzene rings is 1. The Balaban J connectivity index is 1.91. The quantitative estimate of drug-likeness (QED) is 0.285. The van der Waals surface area contributed by atoms with E-state index in [-0.39, 0.29) is 0 Å². The van der Waals surface area contributed by atoms with Crippen LogP contribution in [-0.2, 0) is 0 Å². The molecule has 27 heavy (non-hydrogen) atoms. The highest BCUT2D eigenvalue weighted by molar-refractivity contribution is 7.98. The number of hydrogen-bond acceptors (Lipinski definition) is 6. The predicted octanol–water partition coefficient (Wildman–Crippen LogP) is 3.60. The van der Waals surface area contributed by atoms with Crippen LogP contribution in [0.4, 0.5) is 0 Å². The van der Waals surface area contributed by atoms with Gasteiger partial charge in [0.25, 0.3) is 0 Å². The van der Waals surface area contributed by atoms with Crippen LogP contribution in [0.25, 0.3) is 0 Å². The van der Waals surface area contributed by atoms with Crippen LogP contribution in [0.2, 0.25) is 0 Å². The number of nitrogens with zero attached hydrogens (tertiary/aromatic N) is 4. The Labute approximate surface area is 164 Å². The minimum atomic E-state index is 0.457. The molecule has 1 aliphatic heterocycles. The average molecular weight is 387 g/mol. The number of amidine groups is 1. The molecule has 0 spiro atoms. The van der Waals surface area contributed by atoms with Crippen LogP contribution in [0.3, 0.4) is 0 Å². The number of ether oxygens (including phenoxy) is 1. The van der Waals surface area contributed by atoms with Gasteiger partial charge >= 0.3 is 0 Å². The minimum Gasteiger partial charge on any atom is -0.438 e. The van der Waals surface area contributed by atoms with Crippen molar-refractivity contribution in [3.05, 3.63) is 47.2 Å².